The Balaban J connectivity index is 1.44. The van der Waals surface area contributed by atoms with Crippen molar-refractivity contribution in [1.29, 1.82) is 0 Å². The summed E-state index contributed by atoms with van der Waals surface area (Å²) in [4.78, 5) is 41.0. The van der Waals surface area contributed by atoms with E-state index in [9.17, 15) is 14.4 Å². The molecule has 1 aromatic heterocycles. The van der Waals surface area contributed by atoms with Crippen LogP contribution in [-0.2, 0) is 14.3 Å². The van der Waals surface area contributed by atoms with E-state index in [0.717, 1.165) is 3.79 Å². The molecule has 3 amide bonds. The maximum absolute atomic E-state index is 13.1. The Bertz CT molecular complexity index is 1060. The second-order valence-corrected chi connectivity index (χ2v) is 10.4. The van der Waals surface area contributed by atoms with Gasteiger partial charge < -0.3 is 29.9 Å². The second-order valence-electron chi connectivity index (χ2n) is 7.55. The molecule has 9 nitrogen and oxygen atoms in total. The molecule has 170 valence electrons. The molecule has 1 aromatic carbocycles. The normalized spacial score (nSPS) is 18.1. The predicted octanol–water partition coefficient (Wildman–Crippen LogP) is 2.94. The van der Waals surface area contributed by atoms with Crippen molar-refractivity contribution in [2.24, 2.45) is 0 Å². The average molecular weight is 544 g/mol. The fraction of sp³-hybridized carbons (Fsp3) is 0.350. The van der Waals surface area contributed by atoms with Crippen LogP contribution in [-0.4, -0.2) is 68.2 Å². The molecule has 0 saturated carbocycles. The number of thiophene rings is 1. The number of nitrogens with one attached hydrogen (secondary N) is 2. The summed E-state index contributed by atoms with van der Waals surface area (Å²) in [6, 6.07) is 8.35. The molecule has 4 rings (SSSR count). The molecule has 0 radical (unpaired) electrons. The predicted molar refractivity (Wildman–Crippen MR) is 125 cm³/mol. The molecule has 32 heavy (non-hydrogen) atoms. The fourth-order valence-corrected chi connectivity index (χ4v) is 5.12. The summed E-state index contributed by atoms with van der Waals surface area (Å²) >= 11 is 11.0. The molecule has 0 spiro atoms. The van der Waals surface area contributed by atoms with Gasteiger partial charge in [-0.1, -0.05) is 22.9 Å². The third kappa shape index (κ3) is 4.91. The van der Waals surface area contributed by atoms with Gasteiger partial charge in [0.25, 0.3) is 11.8 Å². The van der Waals surface area contributed by atoms with Crippen LogP contribution in [0.25, 0.3) is 0 Å². The van der Waals surface area contributed by atoms with Crippen LogP contribution in [0, 0.1) is 0 Å². The molecule has 0 atom stereocenters. The quantitative estimate of drug-likeness (QED) is 0.602. The van der Waals surface area contributed by atoms with Crippen LogP contribution in [0.1, 0.15) is 0 Å². The Morgan fingerprint density at radius 1 is 1.28 bits per heavy atom. The van der Waals surface area contributed by atoms with E-state index >= 15 is 0 Å². The summed E-state index contributed by atoms with van der Waals surface area (Å²) in [5.74, 6) is -0.557. The zero-order valence-electron chi connectivity index (χ0n) is 17.0. The minimum Gasteiger partial charge on any atom is -0.399 e. The monoisotopic (exact) mass is 542 g/mol. The van der Waals surface area contributed by atoms with Crippen LogP contribution in [0.4, 0.5) is 16.2 Å². The van der Waals surface area contributed by atoms with Gasteiger partial charge >= 0.3 is 6.09 Å². The van der Waals surface area contributed by atoms with Crippen molar-refractivity contribution in [3.05, 3.63) is 39.1 Å². The maximum atomic E-state index is 13.1. The number of likely N-dealkylation sites (tertiary alicyclic amines) is 1. The van der Waals surface area contributed by atoms with Gasteiger partial charge in [-0.25, -0.2) is 4.79 Å². The van der Waals surface area contributed by atoms with Gasteiger partial charge in [-0.3, -0.25) is 9.59 Å². The number of hydrogen-bond donors (Lipinski definition) is 2. The topological polar surface area (TPSA) is 100 Å². The highest BCUT2D eigenvalue weighted by Gasteiger charge is 2.49. The van der Waals surface area contributed by atoms with Crippen molar-refractivity contribution in [2.75, 3.05) is 50.1 Å². The number of carbonyl (C=O) groups excluding carboxylic acids is 3. The van der Waals surface area contributed by atoms with Gasteiger partial charge in [0.1, 0.15) is 12.1 Å². The molecule has 2 aliphatic rings. The van der Waals surface area contributed by atoms with Crippen molar-refractivity contribution in [3.63, 3.8) is 0 Å². The molecule has 0 aliphatic carbocycles. The van der Waals surface area contributed by atoms with Crippen molar-refractivity contribution in [3.8, 4) is 5.06 Å². The second kappa shape index (κ2) is 9.36. The van der Waals surface area contributed by atoms with E-state index in [4.69, 9.17) is 21.1 Å². The molecule has 2 fully saturated rings. The van der Waals surface area contributed by atoms with Crippen LogP contribution in [0.3, 0.4) is 0 Å². The van der Waals surface area contributed by atoms with Crippen molar-refractivity contribution in [1.82, 2.24) is 10.2 Å². The van der Waals surface area contributed by atoms with Crippen molar-refractivity contribution < 1.29 is 23.9 Å². The van der Waals surface area contributed by atoms with Crippen LogP contribution in [0.5, 0.6) is 5.06 Å². The van der Waals surface area contributed by atoms with E-state index in [2.05, 4.69) is 26.6 Å². The average Bonchev–Trinajstić information content (AvgIpc) is 3.12. The molecule has 12 heteroatoms. The van der Waals surface area contributed by atoms with E-state index in [1.54, 1.807) is 35.2 Å². The lowest BCUT2D eigenvalue weighted by atomic mass is 9.89. The Morgan fingerprint density at radius 2 is 2.06 bits per heavy atom. The summed E-state index contributed by atoms with van der Waals surface area (Å²) in [5, 5.41) is 6.25. The Morgan fingerprint density at radius 3 is 2.69 bits per heavy atom. The zero-order valence-corrected chi connectivity index (χ0v) is 20.2. The van der Waals surface area contributed by atoms with Gasteiger partial charge in [-0.2, -0.15) is 0 Å². The smallest absolute Gasteiger partial charge is 0.399 e. The first-order valence-corrected chi connectivity index (χ1v) is 11.7. The Kier molecular flexibility index (Phi) is 6.72. The first-order valence-electron chi connectivity index (χ1n) is 9.69. The highest BCUT2D eigenvalue weighted by molar-refractivity contribution is 9.11. The lowest BCUT2D eigenvalue weighted by Gasteiger charge is -2.46. The van der Waals surface area contributed by atoms with Crippen molar-refractivity contribution >= 4 is 68.2 Å². The number of hydrogen-bond acceptors (Lipinski definition) is 7. The molecular formula is C20H20BrClN4O5S. The molecule has 2 aliphatic heterocycles. The summed E-state index contributed by atoms with van der Waals surface area (Å²) in [5.41, 5.74) is -0.123. The molecular weight excluding hydrogens is 524 g/mol. The fourth-order valence-electron chi connectivity index (χ4n) is 3.65. The number of ether oxygens (including phenoxy) is 2. The number of nitrogens with zero attached hydrogens (tertiary/aromatic N) is 2. The van der Waals surface area contributed by atoms with E-state index in [1.165, 1.54) is 11.3 Å². The molecule has 2 saturated heterocycles. The summed E-state index contributed by atoms with van der Waals surface area (Å²) in [6.07, 6.45) is -0.707. The Hall–Kier alpha value is -2.18. The summed E-state index contributed by atoms with van der Waals surface area (Å²) in [6.45, 7) is 1.51. The zero-order chi connectivity index (χ0) is 22.9. The van der Waals surface area contributed by atoms with Gasteiger partial charge in [0, 0.05) is 25.3 Å². The molecule has 0 bridgehead atoms. The third-order valence-electron chi connectivity index (χ3n) is 5.08. The lowest BCUT2D eigenvalue weighted by Crippen LogP contribution is -2.74. The first-order chi connectivity index (χ1) is 15.3. The van der Waals surface area contributed by atoms with Crippen molar-refractivity contribution in [2.45, 2.75) is 5.54 Å². The number of anilines is 2. The highest BCUT2D eigenvalue weighted by Crippen LogP contribution is 2.31. The number of carbonyl (C=O) groups is 3. The number of rotatable bonds is 5. The molecule has 2 aromatic rings. The lowest BCUT2D eigenvalue weighted by molar-refractivity contribution is -0.128. The third-order valence-corrected chi connectivity index (χ3v) is 6.88. The van der Waals surface area contributed by atoms with Crippen LogP contribution in [0.2, 0.25) is 5.02 Å². The number of amides is 3. The van der Waals surface area contributed by atoms with Gasteiger partial charge in [0.05, 0.1) is 21.1 Å². The number of likely N-dealkylation sites (N-methyl/N-ethyl adjacent to an activating group) is 1. The van der Waals surface area contributed by atoms with E-state index in [-0.39, 0.29) is 18.4 Å². The number of benzene rings is 1. The highest BCUT2D eigenvalue weighted by atomic mass is 79.9. The van der Waals surface area contributed by atoms with E-state index < -0.39 is 11.6 Å². The van der Waals surface area contributed by atoms with Gasteiger partial charge in [0.15, 0.2) is 5.06 Å². The van der Waals surface area contributed by atoms with Gasteiger partial charge in [-0.05, 0) is 53.3 Å². The van der Waals surface area contributed by atoms with Crippen LogP contribution < -0.4 is 20.3 Å². The molecule has 0 unspecified atom stereocenters. The van der Waals surface area contributed by atoms with Gasteiger partial charge in [-0.15, -0.1) is 0 Å². The van der Waals surface area contributed by atoms with Crippen LogP contribution in [0.15, 0.2) is 34.1 Å². The minimum atomic E-state index is -1.13. The molecule has 2 N–H and O–H groups in total. The first kappa shape index (κ1) is 23.0. The van der Waals surface area contributed by atoms with E-state index in [0.29, 0.717) is 47.7 Å². The van der Waals surface area contributed by atoms with E-state index in [1.807, 2.05) is 11.9 Å². The maximum Gasteiger partial charge on any atom is 0.414 e. The summed E-state index contributed by atoms with van der Waals surface area (Å²) < 4.78 is 11.3. The van der Waals surface area contributed by atoms with Gasteiger partial charge in [0.2, 0.25) is 0 Å². The Labute approximate surface area is 201 Å². The number of morpholine rings is 1. The minimum absolute atomic E-state index is 0.00898. The largest absolute Gasteiger partial charge is 0.414 e. The standard InChI is InChI=1S/C20H20BrClN4O5S/c1-25-10-20(11-25,24-19(29)31-17-5-4-15(21)32-17)18(28)23-12-2-3-14(13(22)8-12)26-6-7-30-9-16(26)27/h2-5,8H,6-7,9-11H2,1H3,(H,23,28)(H,24,29). The molecule has 3 heterocycles. The number of halogens is 2. The summed E-state index contributed by atoms with van der Waals surface area (Å²) in [7, 11) is 1.85. The van der Waals surface area contributed by atoms with Crippen LogP contribution >= 0.6 is 38.9 Å². The SMILES string of the molecule is CN1CC(NC(=O)Oc2ccc(Br)s2)(C(=O)Nc2ccc(N3CCOCC3=O)c(Cl)c2)C1.